The van der Waals surface area contributed by atoms with E-state index in [0.29, 0.717) is 5.56 Å². The number of carbonyl (C=O) groups excluding carboxylic acids is 1. The van der Waals surface area contributed by atoms with Crippen molar-refractivity contribution < 1.29 is 27.4 Å². The molecule has 0 aromatic heterocycles. The van der Waals surface area contributed by atoms with E-state index in [1.165, 1.54) is 0 Å². The molecule has 1 saturated heterocycles. The molecule has 104 valence electrons. The molecule has 0 unspecified atom stereocenters. The Morgan fingerprint density at radius 2 is 1.95 bits per heavy atom. The molecule has 3 nitrogen and oxygen atoms in total. The second-order valence-electron chi connectivity index (χ2n) is 4.32. The first-order valence-corrected chi connectivity index (χ1v) is 5.91. The van der Waals surface area contributed by atoms with Gasteiger partial charge in [-0.05, 0) is 12.1 Å². The van der Waals surface area contributed by atoms with Crippen LogP contribution in [0.1, 0.15) is 23.2 Å². The van der Waals surface area contributed by atoms with Crippen molar-refractivity contribution in [3.05, 3.63) is 35.9 Å². The van der Waals surface area contributed by atoms with E-state index in [2.05, 4.69) is 4.74 Å². The van der Waals surface area contributed by atoms with Crippen LogP contribution in [-0.4, -0.2) is 31.0 Å². The third-order valence-electron chi connectivity index (χ3n) is 2.88. The van der Waals surface area contributed by atoms with Crippen molar-refractivity contribution in [1.29, 1.82) is 0 Å². The first kappa shape index (κ1) is 13.9. The normalized spacial score (nSPS) is 23.9. The Labute approximate surface area is 108 Å². The largest absolute Gasteiger partial charge is 0.459 e. The Balaban J connectivity index is 1.94. The number of rotatable bonds is 2. The SMILES string of the molecule is O=C(O[C@H]1CCO[C@H](C(F)(F)F)C1)c1ccccc1. The van der Waals surface area contributed by atoms with Gasteiger partial charge in [0.1, 0.15) is 6.10 Å². The fourth-order valence-electron chi connectivity index (χ4n) is 1.90. The molecule has 0 spiro atoms. The summed E-state index contributed by atoms with van der Waals surface area (Å²) in [6.45, 7) is -0.0586. The van der Waals surface area contributed by atoms with E-state index in [-0.39, 0.29) is 19.4 Å². The van der Waals surface area contributed by atoms with Crippen LogP contribution in [0.3, 0.4) is 0 Å². The first-order valence-electron chi connectivity index (χ1n) is 5.91. The monoisotopic (exact) mass is 274 g/mol. The van der Waals surface area contributed by atoms with Gasteiger partial charge in [0.15, 0.2) is 6.10 Å². The highest BCUT2D eigenvalue weighted by atomic mass is 19.4. The van der Waals surface area contributed by atoms with Gasteiger partial charge in [0.05, 0.1) is 12.2 Å². The number of hydrogen-bond donors (Lipinski definition) is 0. The molecule has 0 saturated carbocycles. The summed E-state index contributed by atoms with van der Waals surface area (Å²) < 4.78 is 47.3. The van der Waals surface area contributed by atoms with Gasteiger partial charge in [-0.25, -0.2) is 4.79 Å². The predicted octanol–water partition coefficient (Wildman–Crippen LogP) is 2.95. The van der Waals surface area contributed by atoms with Crippen molar-refractivity contribution in [2.45, 2.75) is 31.2 Å². The fourth-order valence-corrected chi connectivity index (χ4v) is 1.90. The fraction of sp³-hybridized carbons (Fsp3) is 0.462. The van der Waals surface area contributed by atoms with Crippen LogP contribution in [0.5, 0.6) is 0 Å². The highest BCUT2D eigenvalue weighted by Crippen LogP contribution is 2.31. The van der Waals surface area contributed by atoms with Crippen LogP contribution in [0, 0.1) is 0 Å². The standard InChI is InChI=1S/C13H13F3O3/c14-13(15,16)11-8-10(6-7-18-11)19-12(17)9-4-2-1-3-5-9/h1-5,10-11H,6-8H2/t10-,11-/m0/s1. The summed E-state index contributed by atoms with van der Waals surface area (Å²) in [6.07, 6.45) is -7.09. The number of benzene rings is 1. The van der Waals surface area contributed by atoms with Crippen LogP contribution >= 0.6 is 0 Å². The topological polar surface area (TPSA) is 35.5 Å². The third kappa shape index (κ3) is 3.70. The lowest BCUT2D eigenvalue weighted by molar-refractivity contribution is -0.240. The zero-order valence-corrected chi connectivity index (χ0v) is 10.0. The highest BCUT2D eigenvalue weighted by Gasteiger charge is 2.44. The van der Waals surface area contributed by atoms with Gasteiger partial charge in [0.25, 0.3) is 0 Å². The van der Waals surface area contributed by atoms with Gasteiger partial charge in [0, 0.05) is 12.8 Å². The quantitative estimate of drug-likeness (QED) is 0.778. The molecule has 0 aliphatic carbocycles. The van der Waals surface area contributed by atoms with Crippen LogP contribution in [-0.2, 0) is 9.47 Å². The molecular formula is C13H13F3O3. The molecule has 0 radical (unpaired) electrons. The van der Waals surface area contributed by atoms with Crippen molar-refractivity contribution in [2.24, 2.45) is 0 Å². The summed E-state index contributed by atoms with van der Waals surface area (Å²) in [5.41, 5.74) is 0.331. The smallest absolute Gasteiger partial charge is 0.414 e. The summed E-state index contributed by atoms with van der Waals surface area (Å²) in [5, 5.41) is 0. The molecule has 19 heavy (non-hydrogen) atoms. The lowest BCUT2D eigenvalue weighted by Crippen LogP contribution is -2.41. The summed E-state index contributed by atoms with van der Waals surface area (Å²) in [6, 6.07) is 8.19. The number of hydrogen-bond acceptors (Lipinski definition) is 3. The van der Waals surface area contributed by atoms with Crippen molar-refractivity contribution in [3.63, 3.8) is 0 Å². The minimum absolute atomic E-state index is 0.0586. The number of ether oxygens (including phenoxy) is 2. The molecule has 1 aromatic rings. The number of halogens is 3. The molecule has 0 amide bonds. The molecular weight excluding hydrogens is 261 g/mol. The zero-order valence-electron chi connectivity index (χ0n) is 10.0. The number of carbonyl (C=O) groups is 1. The Morgan fingerprint density at radius 1 is 1.26 bits per heavy atom. The van der Waals surface area contributed by atoms with Gasteiger partial charge in [-0.15, -0.1) is 0 Å². The molecule has 2 rings (SSSR count). The van der Waals surface area contributed by atoms with Crippen LogP contribution in [0.2, 0.25) is 0 Å². The van der Waals surface area contributed by atoms with Crippen LogP contribution < -0.4 is 0 Å². The van der Waals surface area contributed by atoms with Crippen molar-refractivity contribution in [2.75, 3.05) is 6.61 Å². The molecule has 1 aromatic carbocycles. The Morgan fingerprint density at radius 3 is 2.58 bits per heavy atom. The molecule has 1 heterocycles. The zero-order chi connectivity index (χ0) is 13.9. The molecule has 1 fully saturated rings. The Hall–Kier alpha value is -1.56. The van der Waals surface area contributed by atoms with Crippen LogP contribution in [0.4, 0.5) is 13.2 Å². The molecule has 2 atom stereocenters. The minimum Gasteiger partial charge on any atom is -0.459 e. The molecule has 6 heteroatoms. The highest BCUT2D eigenvalue weighted by molar-refractivity contribution is 5.89. The summed E-state index contributed by atoms with van der Waals surface area (Å²) in [7, 11) is 0. The summed E-state index contributed by atoms with van der Waals surface area (Å²) in [5.74, 6) is -0.603. The molecule has 0 N–H and O–H groups in total. The second kappa shape index (κ2) is 5.61. The van der Waals surface area contributed by atoms with Gasteiger partial charge in [-0.2, -0.15) is 13.2 Å². The molecule has 0 bridgehead atoms. The van der Waals surface area contributed by atoms with Gasteiger partial charge < -0.3 is 9.47 Å². The van der Waals surface area contributed by atoms with Crippen molar-refractivity contribution in [1.82, 2.24) is 0 Å². The van der Waals surface area contributed by atoms with E-state index in [4.69, 9.17) is 4.74 Å². The van der Waals surface area contributed by atoms with Crippen molar-refractivity contribution in [3.8, 4) is 0 Å². The summed E-state index contributed by atoms with van der Waals surface area (Å²) in [4.78, 5) is 11.7. The summed E-state index contributed by atoms with van der Waals surface area (Å²) >= 11 is 0. The van der Waals surface area contributed by atoms with E-state index in [1.807, 2.05) is 0 Å². The van der Waals surface area contributed by atoms with Gasteiger partial charge in [-0.3, -0.25) is 0 Å². The molecule has 1 aliphatic heterocycles. The van der Waals surface area contributed by atoms with Crippen molar-refractivity contribution >= 4 is 5.97 Å². The Kier molecular flexibility index (Phi) is 4.09. The molecule has 1 aliphatic rings. The Bertz CT molecular complexity index is 431. The third-order valence-corrected chi connectivity index (χ3v) is 2.88. The number of alkyl halides is 3. The van der Waals surface area contributed by atoms with E-state index in [0.717, 1.165) is 0 Å². The van der Waals surface area contributed by atoms with E-state index < -0.39 is 24.4 Å². The first-order chi connectivity index (χ1) is 8.97. The van der Waals surface area contributed by atoms with E-state index in [9.17, 15) is 18.0 Å². The lowest BCUT2D eigenvalue weighted by atomic mass is 10.1. The maximum atomic E-state index is 12.5. The maximum Gasteiger partial charge on any atom is 0.414 e. The van der Waals surface area contributed by atoms with Gasteiger partial charge in [0.2, 0.25) is 0 Å². The predicted molar refractivity (Wildman–Crippen MR) is 60.7 cm³/mol. The lowest BCUT2D eigenvalue weighted by Gasteiger charge is -2.30. The van der Waals surface area contributed by atoms with Crippen LogP contribution in [0.25, 0.3) is 0 Å². The second-order valence-corrected chi connectivity index (χ2v) is 4.32. The number of esters is 1. The van der Waals surface area contributed by atoms with Crippen LogP contribution in [0.15, 0.2) is 30.3 Å². The minimum atomic E-state index is -4.42. The van der Waals surface area contributed by atoms with Gasteiger partial charge in [-0.1, -0.05) is 18.2 Å². The maximum absolute atomic E-state index is 12.5. The average molecular weight is 274 g/mol. The van der Waals surface area contributed by atoms with Gasteiger partial charge >= 0.3 is 12.1 Å². The van der Waals surface area contributed by atoms with E-state index in [1.54, 1.807) is 30.3 Å². The van der Waals surface area contributed by atoms with E-state index >= 15 is 0 Å². The average Bonchev–Trinajstić information content (AvgIpc) is 2.39.